The molecule has 13 aromatic carbocycles. The van der Waals surface area contributed by atoms with Gasteiger partial charge in [0, 0.05) is 82.3 Å². The van der Waals surface area contributed by atoms with Crippen molar-refractivity contribution < 1.29 is 0 Å². The number of hydrogen-bond acceptors (Lipinski definition) is 4. The Hall–Kier alpha value is -12.4. The Morgan fingerprint density at radius 2 is 0.556 bits per heavy atom. The van der Waals surface area contributed by atoms with E-state index in [9.17, 15) is 5.26 Å². The van der Waals surface area contributed by atoms with Gasteiger partial charge in [-0.1, -0.05) is 188 Å². The van der Waals surface area contributed by atoms with Crippen LogP contribution in [0.15, 0.2) is 303 Å². The van der Waals surface area contributed by atoms with Crippen molar-refractivity contribution in [1.29, 1.82) is 5.26 Å². The molecule has 90 heavy (non-hydrogen) atoms. The molecule has 0 unspecified atom stereocenters. The molecule has 0 aliphatic rings. The fraction of sp³-hybridized carbons (Fsp3) is 0. The fourth-order valence-electron chi connectivity index (χ4n) is 14.0. The standard InChI is InChI=1S/C82H50N8/c83-51-52-37-39-53(40-38-52)56-41-43-74(89-72-35-19-15-31-62(72)68-47-66-60-29-13-17-33-70(60)87(76(66)49-78(68)89)58-25-9-3-10-26-58)64(45-56)65-46-57(82-85-80(54-21-5-1-6-22-54)84-81(86-82)55-23-7-2-8-24-55)42-44-75(65)90-73-36-20-16-32-63(73)69-48-67-61-30-14-18-34-71(61)88(77(67)50-79(69)90)59-27-11-4-12-28-59/h1-50H. The van der Waals surface area contributed by atoms with E-state index in [1.54, 1.807) is 0 Å². The average molecular weight is 1150 g/mol. The first kappa shape index (κ1) is 50.8. The molecule has 0 saturated carbocycles. The third-order valence-corrected chi connectivity index (χ3v) is 18.0. The Morgan fingerprint density at radius 3 is 0.967 bits per heavy atom. The lowest BCUT2D eigenvalue weighted by Gasteiger charge is -2.21. The summed E-state index contributed by atoms with van der Waals surface area (Å²) in [6.07, 6.45) is 0. The number of nitriles is 1. The zero-order valence-corrected chi connectivity index (χ0v) is 48.4. The van der Waals surface area contributed by atoms with Gasteiger partial charge in [-0.25, -0.2) is 15.0 Å². The van der Waals surface area contributed by atoms with Crippen molar-refractivity contribution in [2.24, 2.45) is 0 Å². The Balaban J connectivity index is 0.985. The van der Waals surface area contributed by atoms with Gasteiger partial charge in [0.1, 0.15) is 0 Å². The van der Waals surface area contributed by atoms with Crippen LogP contribution in [-0.2, 0) is 0 Å². The van der Waals surface area contributed by atoms with E-state index >= 15 is 0 Å². The van der Waals surface area contributed by atoms with Crippen LogP contribution in [0.3, 0.4) is 0 Å². The van der Waals surface area contributed by atoms with E-state index in [0.29, 0.717) is 23.0 Å². The van der Waals surface area contributed by atoms with Crippen molar-refractivity contribution >= 4 is 87.2 Å². The maximum absolute atomic E-state index is 10.0. The highest BCUT2D eigenvalue weighted by Gasteiger charge is 2.26. The van der Waals surface area contributed by atoms with Crippen LogP contribution < -0.4 is 0 Å². The Bertz CT molecular complexity index is 5890. The summed E-state index contributed by atoms with van der Waals surface area (Å²) >= 11 is 0. The van der Waals surface area contributed by atoms with E-state index in [1.807, 2.05) is 48.5 Å². The Kier molecular flexibility index (Phi) is 11.5. The van der Waals surface area contributed by atoms with E-state index in [1.165, 1.54) is 21.5 Å². The summed E-state index contributed by atoms with van der Waals surface area (Å²) in [6, 6.07) is 110. The van der Waals surface area contributed by atoms with E-state index in [4.69, 9.17) is 15.0 Å². The van der Waals surface area contributed by atoms with Crippen molar-refractivity contribution in [3.05, 3.63) is 309 Å². The average Bonchev–Trinajstić information content (AvgIpc) is 1.61. The van der Waals surface area contributed by atoms with Gasteiger partial charge in [-0.2, -0.15) is 5.26 Å². The topological polar surface area (TPSA) is 82.2 Å². The van der Waals surface area contributed by atoms with Gasteiger partial charge in [0.15, 0.2) is 17.5 Å². The van der Waals surface area contributed by atoms with Crippen molar-refractivity contribution in [2.75, 3.05) is 0 Å². The monoisotopic (exact) mass is 1150 g/mol. The molecule has 5 aromatic heterocycles. The molecule has 5 heterocycles. The SMILES string of the molecule is N#Cc1ccc(-c2ccc(-n3c4ccccc4c4cc5c6ccccc6n(-c6ccccc6)c5cc43)c(-c3cc(-c4nc(-c5ccccc5)nc(-c5ccccc5)n4)ccc3-n3c4ccccc4c4cc5c6ccccc6n(-c6ccccc6)c5cc43)c2)cc1. The zero-order valence-electron chi connectivity index (χ0n) is 48.4. The minimum Gasteiger partial charge on any atom is -0.309 e. The second kappa shape index (κ2) is 20.3. The lowest BCUT2D eigenvalue weighted by molar-refractivity contribution is 1.07. The van der Waals surface area contributed by atoms with Crippen LogP contribution in [0.2, 0.25) is 0 Å². The highest BCUT2D eigenvalue weighted by molar-refractivity contribution is 6.21. The minimum atomic E-state index is 0.546. The summed E-state index contributed by atoms with van der Waals surface area (Å²) in [6.45, 7) is 0. The van der Waals surface area contributed by atoms with Crippen molar-refractivity contribution in [2.45, 2.75) is 0 Å². The molecule has 0 amide bonds. The number of aromatic nitrogens is 7. The number of rotatable bonds is 9. The molecule has 18 aromatic rings. The molecule has 18 rings (SSSR count). The first-order chi connectivity index (χ1) is 44.6. The number of hydrogen-bond donors (Lipinski definition) is 0. The molecular weight excluding hydrogens is 1100 g/mol. The summed E-state index contributed by atoms with van der Waals surface area (Å²) in [7, 11) is 0. The third-order valence-electron chi connectivity index (χ3n) is 18.0. The van der Waals surface area contributed by atoms with Crippen molar-refractivity contribution in [3.8, 4) is 85.2 Å². The first-order valence-electron chi connectivity index (χ1n) is 30.3. The van der Waals surface area contributed by atoms with Crippen molar-refractivity contribution in [3.63, 3.8) is 0 Å². The minimum absolute atomic E-state index is 0.546. The molecule has 418 valence electrons. The summed E-state index contributed by atoms with van der Waals surface area (Å²) in [5.74, 6) is 1.71. The molecule has 8 nitrogen and oxygen atoms in total. The molecule has 8 heteroatoms. The maximum atomic E-state index is 10.0. The number of fused-ring (bicyclic) bond motifs is 12. The van der Waals surface area contributed by atoms with Gasteiger partial charge < -0.3 is 18.3 Å². The predicted octanol–water partition coefficient (Wildman–Crippen LogP) is 20.5. The summed E-state index contributed by atoms with van der Waals surface area (Å²) < 4.78 is 9.76. The normalized spacial score (nSPS) is 11.8. The molecule has 0 fully saturated rings. The van der Waals surface area contributed by atoms with Crippen LogP contribution in [0, 0.1) is 11.3 Å². The van der Waals surface area contributed by atoms with Gasteiger partial charge in [-0.05, 0) is 126 Å². The van der Waals surface area contributed by atoms with E-state index < -0.39 is 0 Å². The van der Waals surface area contributed by atoms with Crippen LogP contribution in [0.1, 0.15) is 5.56 Å². The van der Waals surface area contributed by atoms with Gasteiger partial charge in [0.2, 0.25) is 0 Å². The van der Waals surface area contributed by atoms with E-state index in [2.05, 4.69) is 279 Å². The van der Waals surface area contributed by atoms with Crippen LogP contribution in [0.25, 0.3) is 166 Å². The highest BCUT2D eigenvalue weighted by atomic mass is 15.0. The van der Waals surface area contributed by atoms with Crippen LogP contribution in [-0.4, -0.2) is 33.2 Å². The summed E-state index contributed by atoms with van der Waals surface area (Å²) in [5, 5.41) is 19.4. The quantitative estimate of drug-likeness (QED) is 0.144. The lowest BCUT2D eigenvalue weighted by Crippen LogP contribution is -2.04. The van der Waals surface area contributed by atoms with E-state index in [-0.39, 0.29) is 0 Å². The smallest absolute Gasteiger partial charge is 0.164 e. The zero-order chi connectivity index (χ0) is 59.4. The predicted molar refractivity (Wildman–Crippen MR) is 369 cm³/mol. The Morgan fingerprint density at radius 1 is 0.233 bits per heavy atom. The molecule has 0 atom stereocenters. The molecule has 0 aliphatic heterocycles. The first-order valence-corrected chi connectivity index (χ1v) is 30.3. The molecule has 0 N–H and O–H groups in total. The number of benzene rings is 13. The van der Waals surface area contributed by atoms with Gasteiger partial charge in [-0.3, -0.25) is 0 Å². The van der Waals surface area contributed by atoms with Gasteiger partial charge in [0.25, 0.3) is 0 Å². The van der Waals surface area contributed by atoms with Gasteiger partial charge in [-0.15, -0.1) is 0 Å². The second-order valence-corrected chi connectivity index (χ2v) is 23.0. The summed E-state index contributed by atoms with van der Waals surface area (Å²) in [5.41, 5.74) is 20.1. The number of para-hydroxylation sites is 6. The highest BCUT2D eigenvalue weighted by Crippen LogP contribution is 2.47. The Labute approximate surface area is 516 Å². The molecule has 0 bridgehead atoms. The van der Waals surface area contributed by atoms with Crippen LogP contribution >= 0.6 is 0 Å². The lowest BCUT2D eigenvalue weighted by atomic mass is 9.94. The van der Waals surface area contributed by atoms with Crippen LogP contribution in [0.5, 0.6) is 0 Å². The van der Waals surface area contributed by atoms with Crippen LogP contribution in [0.4, 0.5) is 0 Å². The summed E-state index contributed by atoms with van der Waals surface area (Å²) in [4.78, 5) is 15.9. The fourth-order valence-corrected chi connectivity index (χ4v) is 14.0. The molecule has 0 aliphatic carbocycles. The maximum Gasteiger partial charge on any atom is 0.164 e. The molecule has 0 spiro atoms. The van der Waals surface area contributed by atoms with Gasteiger partial charge >= 0.3 is 0 Å². The molecule has 0 radical (unpaired) electrons. The second-order valence-electron chi connectivity index (χ2n) is 23.0. The van der Waals surface area contributed by atoms with Gasteiger partial charge in [0.05, 0.1) is 67.1 Å². The third kappa shape index (κ3) is 7.97. The van der Waals surface area contributed by atoms with E-state index in [0.717, 1.165) is 127 Å². The van der Waals surface area contributed by atoms with Crippen molar-refractivity contribution in [1.82, 2.24) is 33.2 Å². The largest absolute Gasteiger partial charge is 0.309 e. The number of nitrogens with zero attached hydrogens (tertiary/aromatic N) is 8. The molecule has 0 saturated heterocycles. The molecular formula is C82H50N8.